The van der Waals surface area contributed by atoms with Crippen LogP contribution in [0.3, 0.4) is 0 Å². The third kappa shape index (κ3) is 3.20. The van der Waals surface area contributed by atoms with Gasteiger partial charge in [0.1, 0.15) is 0 Å². The first-order valence-electron chi connectivity index (χ1n) is 7.43. The molecule has 0 spiro atoms. The molecule has 0 aliphatic carbocycles. The quantitative estimate of drug-likeness (QED) is 0.859. The van der Waals surface area contributed by atoms with Gasteiger partial charge in [0, 0.05) is 18.8 Å². The molecule has 1 unspecified atom stereocenters. The second-order valence-corrected chi connectivity index (χ2v) is 5.73. The maximum absolute atomic E-state index is 5.91. The average molecular weight is 266 g/mol. The molecule has 0 bridgehead atoms. The molecule has 2 N–H and O–H groups in total. The van der Waals surface area contributed by atoms with Gasteiger partial charge in [-0.2, -0.15) is 0 Å². The van der Waals surface area contributed by atoms with E-state index in [0.29, 0.717) is 5.92 Å². The fourth-order valence-corrected chi connectivity index (χ4v) is 3.13. The summed E-state index contributed by atoms with van der Waals surface area (Å²) in [6.07, 6.45) is 2.54. The summed E-state index contributed by atoms with van der Waals surface area (Å²) in [5, 5.41) is 0. The lowest BCUT2D eigenvalue weighted by Crippen LogP contribution is -2.33. The Hall–Kier alpha value is -1.80. The Morgan fingerprint density at radius 2 is 1.90 bits per heavy atom. The molecule has 0 radical (unpaired) electrons. The molecular formula is C18H22N2. The molecule has 1 aliphatic rings. The smallest absolute Gasteiger partial charge is 0.0316 e. The lowest BCUT2D eigenvalue weighted by molar-refractivity contribution is 0.200. The number of benzene rings is 2. The van der Waals surface area contributed by atoms with E-state index in [1.54, 1.807) is 0 Å². The molecule has 20 heavy (non-hydrogen) atoms. The zero-order valence-electron chi connectivity index (χ0n) is 11.8. The maximum atomic E-state index is 5.91. The van der Waals surface area contributed by atoms with Crippen LogP contribution in [-0.4, -0.2) is 18.0 Å². The molecule has 2 aromatic rings. The van der Waals surface area contributed by atoms with Crippen molar-refractivity contribution in [3.05, 3.63) is 65.7 Å². The summed E-state index contributed by atoms with van der Waals surface area (Å²) >= 11 is 0. The molecule has 1 fully saturated rings. The van der Waals surface area contributed by atoms with E-state index >= 15 is 0 Å². The largest absolute Gasteiger partial charge is 0.399 e. The minimum absolute atomic E-state index is 0.621. The van der Waals surface area contributed by atoms with Crippen LogP contribution >= 0.6 is 0 Å². The minimum Gasteiger partial charge on any atom is -0.399 e. The van der Waals surface area contributed by atoms with Crippen LogP contribution in [0.15, 0.2) is 54.6 Å². The van der Waals surface area contributed by atoms with Gasteiger partial charge in [0.15, 0.2) is 0 Å². The van der Waals surface area contributed by atoms with Crippen LogP contribution in [0.4, 0.5) is 5.69 Å². The van der Waals surface area contributed by atoms with E-state index in [0.717, 1.165) is 18.8 Å². The lowest BCUT2D eigenvalue weighted by Gasteiger charge is -2.33. The van der Waals surface area contributed by atoms with Crippen molar-refractivity contribution in [3.8, 4) is 0 Å². The molecule has 2 aromatic carbocycles. The summed E-state index contributed by atoms with van der Waals surface area (Å²) in [5.41, 5.74) is 9.58. The Morgan fingerprint density at radius 1 is 1.05 bits per heavy atom. The topological polar surface area (TPSA) is 29.3 Å². The zero-order chi connectivity index (χ0) is 13.8. The molecule has 1 aliphatic heterocycles. The second-order valence-electron chi connectivity index (χ2n) is 5.73. The second kappa shape index (κ2) is 6.10. The zero-order valence-corrected chi connectivity index (χ0v) is 11.8. The van der Waals surface area contributed by atoms with E-state index in [-0.39, 0.29) is 0 Å². The highest BCUT2D eigenvalue weighted by molar-refractivity contribution is 5.42. The average Bonchev–Trinajstić information content (AvgIpc) is 2.49. The summed E-state index contributed by atoms with van der Waals surface area (Å²) in [7, 11) is 0. The Morgan fingerprint density at radius 3 is 2.70 bits per heavy atom. The molecule has 1 atom stereocenters. The third-order valence-corrected chi connectivity index (χ3v) is 4.14. The van der Waals surface area contributed by atoms with Crippen LogP contribution < -0.4 is 5.73 Å². The Labute approximate surface area is 121 Å². The van der Waals surface area contributed by atoms with Crippen molar-refractivity contribution in [3.63, 3.8) is 0 Å². The number of piperidine rings is 1. The number of nitrogens with zero attached hydrogens (tertiary/aromatic N) is 1. The molecular weight excluding hydrogens is 244 g/mol. The van der Waals surface area contributed by atoms with Gasteiger partial charge in [-0.1, -0.05) is 42.5 Å². The van der Waals surface area contributed by atoms with Crippen LogP contribution in [0.2, 0.25) is 0 Å². The van der Waals surface area contributed by atoms with E-state index in [1.165, 1.54) is 30.5 Å². The highest BCUT2D eigenvalue weighted by Crippen LogP contribution is 2.28. The van der Waals surface area contributed by atoms with Gasteiger partial charge in [0.25, 0.3) is 0 Å². The number of anilines is 1. The predicted octanol–water partition coefficient (Wildman–Crippen LogP) is 3.65. The first-order chi connectivity index (χ1) is 9.81. The van der Waals surface area contributed by atoms with Gasteiger partial charge in [-0.3, -0.25) is 4.90 Å². The monoisotopic (exact) mass is 266 g/mol. The third-order valence-electron chi connectivity index (χ3n) is 4.14. The van der Waals surface area contributed by atoms with Gasteiger partial charge in [-0.15, -0.1) is 0 Å². The molecule has 0 amide bonds. The number of likely N-dealkylation sites (tertiary alicyclic amines) is 1. The van der Waals surface area contributed by atoms with E-state index < -0.39 is 0 Å². The van der Waals surface area contributed by atoms with Crippen molar-refractivity contribution in [2.45, 2.75) is 25.3 Å². The van der Waals surface area contributed by atoms with Crippen LogP contribution in [0.5, 0.6) is 0 Å². The number of hydrogen-bond acceptors (Lipinski definition) is 2. The number of rotatable bonds is 3. The molecule has 0 aromatic heterocycles. The van der Waals surface area contributed by atoms with Crippen molar-refractivity contribution < 1.29 is 0 Å². The normalized spacial score (nSPS) is 19.9. The number of nitrogens with two attached hydrogens (primary N) is 1. The van der Waals surface area contributed by atoms with E-state index in [9.17, 15) is 0 Å². The van der Waals surface area contributed by atoms with Crippen molar-refractivity contribution in [2.75, 3.05) is 18.8 Å². The fraction of sp³-hybridized carbons (Fsp3) is 0.333. The molecule has 1 saturated heterocycles. The van der Waals surface area contributed by atoms with Gasteiger partial charge in [0.05, 0.1) is 0 Å². The summed E-state index contributed by atoms with van der Waals surface area (Å²) < 4.78 is 0. The van der Waals surface area contributed by atoms with Crippen molar-refractivity contribution in [1.29, 1.82) is 0 Å². The standard InChI is InChI=1S/C18H22N2/c19-18-10-4-8-16(12-18)17-9-5-11-20(14-17)13-15-6-2-1-3-7-15/h1-4,6-8,10,12,17H,5,9,11,13-14,19H2. The van der Waals surface area contributed by atoms with Crippen molar-refractivity contribution >= 4 is 5.69 Å². The molecule has 3 rings (SSSR count). The SMILES string of the molecule is Nc1cccc(C2CCCN(Cc3ccccc3)C2)c1. The van der Waals surface area contributed by atoms with Crippen LogP contribution in [-0.2, 0) is 6.54 Å². The van der Waals surface area contributed by atoms with E-state index in [2.05, 4.69) is 53.4 Å². The highest BCUT2D eigenvalue weighted by atomic mass is 15.1. The lowest BCUT2D eigenvalue weighted by atomic mass is 9.90. The van der Waals surface area contributed by atoms with Gasteiger partial charge < -0.3 is 5.73 Å². The van der Waals surface area contributed by atoms with Crippen LogP contribution in [0.25, 0.3) is 0 Å². The van der Waals surface area contributed by atoms with Gasteiger partial charge in [-0.25, -0.2) is 0 Å². The highest BCUT2D eigenvalue weighted by Gasteiger charge is 2.21. The summed E-state index contributed by atoms with van der Waals surface area (Å²) in [6, 6.07) is 19.1. The van der Waals surface area contributed by atoms with Gasteiger partial charge in [-0.05, 0) is 48.6 Å². The number of hydrogen-bond donors (Lipinski definition) is 1. The van der Waals surface area contributed by atoms with Crippen molar-refractivity contribution in [1.82, 2.24) is 4.90 Å². The molecule has 0 saturated carbocycles. The summed E-state index contributed by atoms with van der Waals surface area (Å²) in [5.74, 6) is 0.621. The molecule has 104 valence electrons. The van der Waals surface area contributed by atoms with Crippen LogP contribution in [0.1, 0.15) is 29.9 Å². The summed E-state index contributed by atoms with van der Waals surface area (Å²) in [4.78, 5) is 2.56. The Bertz CT molecular complexity index is 550. The fourth-order valence-electron chi connectivity index (χ4n) is 3.13. The molecule has 1 heterocycles. The first kappa shape index (κ1) is 13.2. The van der Waals surface area contributed by atoms with E-state index in [4.69, 9.17) is 5.73 Å². The van der Waals surface area contributed by atoms with Crippen LogP contribution in [0, 0.1) is 0 Å². The minimum atomic E-state index is 0.621. The molecule has 2 heteroatoms. The van der Waals surface area contributed by atoms with Crippen molar-refractivity contribution in [2.24, 2.45) is 0 Å². The van der Waals surface area contributed by atoms with Gasteiger partial charge >= 0.3 is 0 Å². The Kier molecular flexibility index (Phi) is 4.03. The molecule has 2 nitrogen and oxygen atoms in total. The first-order valence-corrected chi connectivity index (χ1v) is 7.43. The number of nitrogen functional groups attached to an aromatic ring is 1. The Balaban J connectivity index is 1.67. The summed E-state index contributed by atoms with van der Waals surface area (Å²) in [6.45, 7) is 3.39. The predicted molar refractivity (Wildman–Crippen MR) is 84.5 cm³/mol. The maximum Gasteiger partial charge on any atom is 0.0316 e. The van der Waals surface area contributed by atoms with E-state index in [1.807, 2.05) is 6.07 Å². The van der Waals surface area contributed by atoms with Gasteiger partial charge in [0.2, 0.25) is 0 Å².